The molecule has 1 aromatic rings. The van der Waals surface area contributed by atoms with Crippen molar-refractivity contribution >= 4 is 5.78 Å². The first-order chi connectivity index (χ1) is 5.83. The van der Waals surface area contributed by atoms with Crippen LogP contribution in [0.3, 0.4) is 0 Å². The van der Waals surface area contributed by atoms with Crippen molar-refractivity contribution < 1.29 is 18.6 Å². The van der Waals surface area contributed by atoms with E-state index < -0.39 is 0 Å². The molecule has 0 unspecified atom stereocenters. The lowest BCUT2D eigenvalue weighted by Gasteiger charge is -2.02. The van der Waals surface area contributed by atoms with Gasteiger partial charge in [-0.3, -0.25) is 9.48 Å². The number of Topliss-reactive ketones (excluding diaryl/α,β-unsaturated/α-hetero) is 1. The normalized spacial score (nSPS) is 15.2. The van der Waals surface area contributed by atoms with Crippen LogP contribution in [-0.4, -0.2) is 22.1 Å². The van der Waals surface area contributed by atoms with Crippen LogP contribution in [-0.2, 0) is 0 Å². The van der Waals surface area contributed by atoms with Crippen LogP contribution in [0.25, 0.3) is 0 Å². The fourth-order valence-electron chi connectivity index (χ4n) is 1.25. The molecule has 72 valence electrons. The van der Waals surface area contributed by atoms with Gasteiger partial charge in [0.2, 0.25) is 0 Å². The minimum absolute atomic E-state index is 0. The van der Waals surface area contributed by atoms with Gasteiger partial charge < -0.3 is 18.1 Å². The van der Waals surface area contributed by atoms with E-state index in [4.69, 9.17) is 5.73 Å². The van der Waals surface area contributed by atoms with Crippen LogP contribution >= 0.6 is 0 Å². The molecule has 0 spiro atoms. The Morgan fingerprint density at radius 1 is 1.77 bits per heavy atom. The lowest BCUT2D eigenvalue weighted by Crippen LogP contribution is -3.00. The molecule has 0 saturated heterocycles. The molecule has 0 amide bonds. The van der Waals surface area contributed by atoms with Crippen LogP contribution in [0.1, 0.15) is 30.8 Å². The van der Waals surface area contributed by atoms with Gasteiger partial charge in [0.25, 0.3) is 0 Å². The summed E-state index contributed by atoms with van der Waals surface area (Å²) in [5.74, 6) is -0.0283. The molecular formula is C8H12ClN3O. The van der Waals surface area contributed by atoms with Crippen LogP contribution in [0, 0.1) is 0 Å². The first-order valence-corrected chi connectivity index (χ1v) is 4.09. The molecule has 4 nitrogen and oxygen atoms in total. The van der Waals surface area contributed by atoms with Crippen LogP contribution in [0.4, 0.5) is 0 Å². The summed E-state index contributed by atoms with van der Waals surface area (Å²) in [5.41, 5.74) is 5.91. The topological polar surface area (TPSA) is 60.9 Å². The van der Waals surface area contributed by atoms with Gasteiger partial charge in [-0.15, -0.1) is 0 Å². The zero-order valence-corrected chi connectivity index (χ0v) is 7.87. The van der Waals surface area contributed by atoms with E-state index >= 15 is 0 Å². The Balaban J connectivity index is 0.000000845. The highest BCUT2D eigenvalue weighted by atomic mass is 35.5. The molecule has 1 aliphatic carbocycles. The highest BCUT2D eigenvalue weighted by Crippen LogP contribution is 2.34. The standard InChI is InChI=1S/C8H11N3O.ClH/c9-5-8(12)7-3-4-10-11(7)6-1-2-6;/h3-4,6H,1-2,5,9H2;1H. The fraction of sp³-hybridized carbons (Fsp3) is 0.500. The van der Waals surface area contributed by atoms with Crippen molar-refractivity contribution in [1.82, 2.24) is 9.78 Å². The molecule has 1 fully saturated rings. The minimum atomic E-state index is -0.0283. The zero-order valence-electron chi connectivity index (χ0n) is 8.11. The monoisotopic (exact) mass is 201 g/mol. The third-order valence-electron chi connectivity index (χ3n) is 2.03. The van der Waals surface area contributed by atoms with Crippen molar-refractivity contribution in [2.75, 3.05) is 6.54 Å². The van der Waals surface area contributed by atoms with Gasteiger partial charge in [0.05, 0.1) is 12.6 Å². The number of aromatic nitrogens is 2. The summed E-state index contributed by atoms with van der Waals surface area (Å²) >= 11 is 0. The summed E-state index contributed by atoms with van der Waals surface area (Å²) in [7, 11) is 0. The second-order valence-corrected chi connectivity index (χ2v) is 3.02. The highest BCUT2D eigenvalue weighted by molar-refractivity contribution is 5.95. The molecule has 0 atom stereocenters. The second-order valence-electron chi connectivity index (χ2n) is 3.02. The maximum absolute atomic E-state index is 11.2. The molecular weight excluding hydrogens is 190 g/mol. The van der Waals surface area contributed by atoms with Gasteiger partial charge in [0.1, 0.15) is 5.69 Å². The molecule has 1 heterocycles. The number of nitrogens with zero attached hydrogens (tertiary/aromatic N) is 2. The number of carbonyl (C=O) groups excluding carboxylic acids is 1. The smallest absolute Gasteiger partial charge is 1.00 e. The Hall–Kier alpha value is -0.870. The molecule has 0 radical (unpaired) electrons. The second kappa shape index (κ2) is 3.89. The molecule has 1 aliphatic rings. The molecule has 2 N–H and O–H groups in total. The predicted molar refractivity (Wildman–Crippen MR) is 45.0 cm³/mol. The lowest BCUT2D eigenvalue weighted by molar-refractivity contribution is -0.0000102. The number of hydrogen-bond donors (Lipinski definition) is 1. The molecule has 0 aliphatic heterocycles. The summed E-state index contributed by atoms with van der Waals surface area (Å²) in [6.07, 6.45) is 3.92. The van der Waals surface area contributed by atoms with Crippen molar-refractivity contribution in [2.24, 2.45) is 5.73 Å². The Morgan fingerprint density at radius 3 is 3.00 bits per heavy atom. The van der Waals surface area contributed by atoms with Gasteiger partial charge in [-0.1, -0.05) is 0 Å². The number of carbonyl (C=O) groups is 1. The Kier molecular flexibility index (Phi) is 3.06. The van der Waals surface area contributed by atoms with Gasteiger partial charge in [-0.05, 0) is 18.9 Å². The third kappa shape index (κ3) is 1.89. The highest BCUT2D eigenvalue weighted by Gasteiger charge is 2.27. The van der Waals surface area contributed by atoms with Gasteiger partial charge >= 0.3 is 1.43 Å². The van der Waals surface area contributed by atoms with E-state index in [0.29, 0.717) is 11.7 Å². The van der Waals surface area contributed by atoms with E-state index in [1.165, 1.54) is 0 Å². The summed E-state index contributed by atoms with van der Waals surface area (Å²) in [6.45, 7) is 0.0679. The van der Waals surface area contributed by atoms with Crippen molar-refractivity contribution in [3.05, 3.63) is 18.0 Å². The summed E-state index contributed by atoms with van der Waals surface area (Å²) in [5, 5.41) is 4.09. The van der Waals surface area contributed by atoms with Crippen LogP contribution < -0.4 is 18.1 Å². The number of halogens is 1. The van der Waals surface area contributed by atoms with E-state index in [1.54, 1.807) is 16.9 Å². The van der Waals surface area contributed by atoms with E-state index in [2.05, 4.69) is 5.10 Å². The Morgan fingerprint density at radius 2 is 2.46 bits per heavy atom. The van der Waals surface area contributed by atoms with Gasteiger partial charge in [0.15, 0.2) is 5.78 Å². The molecule has 0 bridgehead atoms. The summed E-state index contributed by atoms with van der Waals surface area (Å²) in [4.78, 5) is 11.2. The van der Waals surface area contributed by atoms with Gasteiger partial charge in [-0.25, -0.2) is 0 Å². The average Bonchev–Trinajstić information content (AvgIpc) is 2.83. The van der Waals surface area contributed by atoms with E-state index in [9.17, 15) is 4.79 Å². The minimum Gasteiger partial charge on any atom is -1.00 e. The molecule has 1 saturated carbocycles. The van der Waals surface area contributed by atoms with Gasteiger partial charge in [0, 0.05) is 6.20 Å². The molecule has 13 heavy (non-hydrogen) atoms. The Bertz CT molecular complexity index is 311. The average molecular weight is 202 g/mol. The quantitative estimate of drug-likeness (QED) is 0.549. The zero-order chi connectivity index (χ0) is 8.55. The molecule has 5 heteroatoms. The molecule has 2 rings (SSSR count). The number of hydrogen-bond acceptors (Lipinski definition) is 3. The van der Waals surface area contributed by atoms with Crippen molar-refractivity contribution in [2.45, 2.75) is 18.9 Å². The first-order valence-electron chi connectivity index (χ1n) is 4.09. The molecule has 0 aromatic carbocycles. The summed E-state index contributed by atoms with van der Waals surface area (Å²) in [6, 6.07) is 2.18. The predicted octanol–water partition coefficient (Wildman–Crippen LogP) is -2.52. The summed E-state index contributed by atoms with van der Waals surface area (Å²) < 4.78 is 1.79. The van der Waals surface area contributed by atoms with Gasteiger partial charge in [-0.2, -0.15) is 5.10 Å². The van der Waals surface area contributed by atoms with Crippen LogP contribution in [0.15, 0.2) is 12.3 Å². The SMILES string of the molecule is NCC(=O)c1ccnn1C1CC1.[Cl-].[H+]. The van der Waals surface area contributed by atoms with Crippen molar-refractivity contribution in [1.29, 1.82) is 0 Å². The third-order valence-corrected chi connectivity index (χ3v) is 2.03. The van der Waals surface area contributed by atoms with Crippen molar-refractivity contribution in [3.8, 4) is 0 Å². The number of rotatable bonds is 3. The fourth-order valence-corrected chi connectivity index (χ4v) is 1.25. The largest absolute Gasteiger partial charge is 1.00 e. The first kappa shape index (κ1) is 10.2. The number of ketones is 1. The van der Waals surface area contributed by atoms with E-state index in [-0.39, 0.29) is 26.2 Å². The maximum atomic E-state index is 11.2. The lowest BCUT2D eigenvalue weighted by atomic mass is 10.3. The van der Waals surface area contributed by atoms with E-state index in [0.717, 1.165) is 12.8 Å². The van der Waals surface area contributed by atoms with Crippen LogP contribution in [0.5, 0.6) is 0 Å². The Labute approximate surface area is 84.0 Å². The number of nitrogens with two attached hydrogens (primary N) is 1. The van der Waals surface area contributed by atoms with E-state index in [1.807, 2.05) is 0 Å². The van der Waals surface area contributed by atoms with Crippen LogP contribution in [0.2, 0.25) is 0 Å². The molecule has 1 aromatic heterocycles. The van der Waals surface area contributed by atoms with Crippen molar-refractivity contribution in [3.63, 3.8) is 0 Å². The maximum Gasteiger partial charge on any atom is 1.00 e.